The summed E-state index contributed by atoms with van der Waals surface area (Å²) in [7, 11) is 0. The Morgan fingerprint density at radius 3 is 2.65 bits per heavy atom. The number of hydrogen-bond acceptors (Lipinski definition) is 4. The molecule has 1 heterocycles. The van der Waals surface area contributed by atoms with Crippen LogP contribution in [-0.4, -0.2) is 10.2 Å². The Bertz CT molecular complexity index is 808. The van der Waals surface area contributed by atoms with Crippen LogP contribution >= 0.6 is 0 Å². The lowest BCUT2D eigenvalue weighted by Gasteiger charge is -2.12. The zero-order valence-electron chi connectivity index (χ0n) is 13.8. The molecule has 1 N–H and O–H groups in total. The third kappa shape index (κ3) is 3.42. The van der Waals surface area contributed by atoms with Crippen LogP contribution in [0.3, 0.4) is 0 Å². The van der Waals surface area contributed by atoms with E-state index in [1.165, 1.54) is 16.7 Å². The number of rotatable bonds is 5. The Kier molecular flexibility index (Phi) is 4.42. The lowest BCUT2D eigenvalue weighted by Crippen LogP contribution is -2.04. The lowest BCUT2D eigenvalue weighted by molar-refractivity contribution is 0.515. The Morgan fingerprint density at radius 1 is 1.04 bits per heavy atom. The van der Waals surface area contributed by atoms with Gasteiger partial charge in [0.2, 0.25) is 11.8 Å². The maximum absolute atomic E-state index is 5.78. The fourth-order valence-electron chi connectivity index (χ4n) is 2.66. The monoisotopic (exact) mass is 307 g/mol. The van der Waals surface area contributed by atoms with Crippen LogP contribution in [-0.2, 0) is 13.0 Å². The van der Waals surface area contributed by atoms with Crippen molar-refractivity contribution in [3.63, 3.8) is 0 Å². The van der Waals surface area contributed by atoms with Gasteiger partial charge in [0.15, 0.2) is 0 Å². The summed E-state index contributed by atoms with van der Waals surface area (Å²) < 4.78 is 5.78. The van der Waals surface area contributed by atoms with E-state index in [2.05, 4.69) is 47.6 Å². The van der Waals surface area contributed by atoms with Crippen LogP contribution in [0.25, 0.3) is 11.5 Å². The molecule has 0 fully saturated rings. The number of aryl methyl sites for hydroxylation is 3. The van der Waals surface area contributed by atoms with Gasteiger partial charge in [-0.3, -0.25) is 0 Å². The lowest BCUT2D eigenvalue weighted by atomic mass is 10.1. The molecule has 4 nitrogen and oxygen atoms in total. The molecular formula is C19H21N3O. The van der Waals surface area contributed by atoms with Crippen molar-refractivity contribution in [1.29, 1.82) is 0 Å². The van der Waals surface area contributed by atoms with Gasteiger partial charge in [-0.15, -0.1) is 10.2 Å². The van der Waals surface area contributed by atoms with E-state index in [0.29, 0.717) is 18.3 Å². The van der Waals surface area contributed by atoms with Gasteiger partial charge in [-0.05, 0) is 43.5 Å². The van der Waals surface area contributed by atoms with Crippen LogP contribution in [0, 0.1) is 13.8 Å². The molecule has 3 aromatic rings. The summed E-state index contributed by atoms with van der Waals surface area (Å²) in [5.74, 6) is 1.15. The number of hydrogen-bond donors (Lipinski definition) is 1. The summed E-state index contributed by atoms with van der Waals surface area (Å²) in [6.07, 6.45) is 0.988. The molecule has 0 aliphatic heterocycles. The number of nitrogens with zero attached hydrogens (tertiary/aromatic N) is 2. The molecule has 0 saturated carbocycles. The molecule has 118 valence electrons. The average molecular weight is 307 g/mol. The number of para-hydroxylation sites is 1. The average Bonchev–Trinajstić information content (AvgIpc) is 3.02. The fraction of sp³-hybridized carbons (Fsp3) is 0.263. The minimum absolute atomic E-state index is 0.524. The molecule has 23 heavy (non-hydrogen) atoms. The fourth-order valence-corrected chi connectivity index (χ4v) is 2.66. The molecule has 0 amide bonds. The van der Waals surface area contributed by atoms with E-state index in [1.54, 1.807) is 0 Å². The second kappa shape index (κ2) is 6.65. The summed E-state index contributed by atoms with van der Waals surface area (Å²) in [6.45, 7) is 6.83. The maximum atomic E-state index is 5.78. The van der Waals surface area contributed by atoms with Gasteiger partial charge in [0.1, 0.15) is 0 Å². The molecule has 0 unspecified atom stereocenters. The molecule has 2 aromatic carbocycles. The number of nitrogens with one attached hydrogen (secondary N) is 1. The zero-order valence-corrected chi connectivity index (χ0v) is 13.8. The predicted molar refractivity (Wildman–Crippen MR) is 92.4 cm³/mol. The van der Waals surface area contributed by atoms with Gasteiger partial charge in [0.25, 0.3) is 0 Å². The first kappa shape index (κ1) is 15.3. The summed E-state index contributed by atoms with van der Waals surface area (Å²) in [4.78, 5) is 0. The van der Waals surface area contributed by atoms with E-state index in [-0.39, 0.29) is 0 Å². The first-order valence-electron chi connectivity index (χ1n) is 7.89. The van der Waals surface area contributed by atoms with Crippen LogP contribution in [0.1, 0.15) is 29.5 Å². The maximum Gasteiger partial charge on any atom is 0.247 e. The van der Waals surface area contributed by atoms with Crippen molar-refractivity contribution < 1.29 is 4.42 Å². The van der Waals surface area contributed by atoms with Crippen LogP contribution in [0.5, 0.6) is 0 Å². The van der Waals surface area contributed by atoms with E-state index in [9.17, 15) is 0 Å². The van der Waals surface area contributed by atoms with Gasteiger partial charge < -0.3 is 9.73 Å². The summed E-state index contributed by atoms with van der Waals surface area (Å²) in [5.41, 5.74) is 5.80. The quantitative estimate of drug-likeness (QED) is 0.752. The number of anilines is 1. The van der Waals surface area contributed by atoms with Gasteiger partial charge in [0, 0.05) is 11.3 Å². The van der Waals surface area contributed by atoms with E-state index in [0.717, 1.165) is 17.7 Å². The van der Waals surface area contributed by atoms with Crippen molar-refractivity contribution in [2.45, 2.75) is 33.7 Å². The van der Waals surface area contributed by atoms with E-state index < -0.39 is 0 Å². The van der Waals surface area contributed by atoms with Gasteiger partial charge in [-0.25, -0.2) is 0 Å². The Balaban J connectivity index is 1.76. The normalized spacial score (nSPS) is 10.7. The van der Waals surface area contributed by atoms with Crippen LogP contribution in [0.4, 0.5) is 5.69 Å². The summed E-state index contributed by atoms with van der Waals surface area (Å²) >= 11 is 0. The van der Waals surface area contributed by atoms with Crippen LogP contribution in [0.15, 0.2) is 46.9 Å². The SMILES string of the molecule is CCc1cccc(C)c1NCc1nnc(-c2cccc(C)c2)o1. The second-order valence-corrected chi connectivity index (χ2v) is 5.69. The molecular weight excluding hydrogens is 286 g/mol. The third-order valence-electron chi connectivity index (χ3n) is 3.89. The molecule has 1 aromatic heterocycles. The van der Waals surface area contributed by atoms with Crippen molar-refractivity contribution in [3.05, 3.63) is 65.0 Å². The van der Waals surface area contributed by atoms with Gasteiger partial charge in [-0.1, -0.05) is 42.8 Å². The molecule has 0 bridgehead atoms. The second-order valence-electron chi connectivity index (χ2n) is 5.69. The zero-order chi connectivity index (χ0) is 16.2. The first-order valence-corrected chi connectivity index (χ1v) is 7.89. The molecule has 0 aliphatic rings. The third-order valence-corrected chi connectivity index (χ3v) is 3.89. The highest BCUT2D eigenvalue weighted by Gasteiger charge is 2.10. The van der Waals surface area contributed by atoms with Crippen molar-refractivity contribution in [2.24, 2.45) is 0 Å². The molecule has 0 aliphatic carbocycles. The van der Waals surface area contributed by atoms with E-state index in [4.69, 9.17) is 4.42 Å². The number of aromatic nitrogens is 2. The minimum atomic E-state index is 0.524. The van der Waals surface area contributed by atoms with Gasteiger partial charge >= 0.3 is 0 Å². The molecule has 4 heteroatoms. The highest BCUT2D eigenvalue weighted by Crippen LogP contribution is 2.23. The van der Waals surface area contributed by atoms with Crippen molar-refractivity contribution in [1.82, 2.24) is 10.2 Å². The molecule has 0 atom stereocenters. The Morgan fingerprint density at radius 2 is 1.87 bits per heavy atom. The molecule has 3 rings (SSSR count). The highest BCUT2D eigenvalue weighted by atomic mass is 16.4. The summed E-state index contributed by atoms with van der Waals surface area (Å²) in [5, 5.41) is 11.7. The first-order chi connectivity index (χ1) is 11.2. The Hall–Kier alpha value is -2.62. The molecule has 0 saturated heterocycles. The van der Waals surface area contributed by atoms with Crippen molar-refractivity contribution in [3.8, 4) is 11.5 Å². The smallest absolute Gasteiger partial charge is 0.247 e. The summed E-state index contributed by atoms with van der Waals surface area (Å²) in [6, 6.07) is 14.4. The van der Waals surface area contributed by atoms with E-state index in [1.807, 2.05) is 31.2 Å². The Labute approximate surface area is 136 Å². The molecule has 0 radical (unpaired) electrons. The predicted octanol–water partition coefficient (Wildman–Crippen LogP) is 4.53. The van der Waals surface area contributed by atoms with Crippen molar-refractivity contribution >= 4 is 5.69 Å². The van der Waals surface area contributed by atoms with Gasteiger partial charge in [-0.2, -0.15) is 0 Å². The van der Waals surface area contributed by atoms with Gasteiger partial charge in [0.05, 0.1) is 6.54 Å². The standard InChI is InChI=1S/C19H21N3O/c1-4-15-9-6-8-14(3)18(15)20-12-17-21-22-19(23-17)16-10-5-7-13(2)11-16/h5-11,20H,4,12H2,1-3H3. The van der Waals surface area contributed by atoms with Crippen molar-refractivity contribution in [2.75, 3.05) is 5.32 Å². The van der Waals surface area contributed by atoms with Crippen LogP contribution < -0.4 is 5.32 Å². The largest absolute Gasteiger partial charge is 0.419 e. The minimum Gasteiger partial charge on any atom is -0.419 e. The van der Waals surface area contributed by atoms with Crippen LogP contribution in [0.2, 0.25) is 0 Å². The number of benzene rings is 2. The topological polar surface area (TPSA) is 51.0 Å². The molecule has 0 spiro atoms. The highest BCUT2D eigenvalue weighted by molar-refractivity contribution is 5.57. The van der Waals surface area contributed by atoms with E-state index >= 15 is 0 Å².